The summed E-state index contributed by atoms with van der Waals surface area (Å²) in [5.41, 5.74) is 4.72. The lowest BCUT2D eigenvalue weighted by atomic mass is 9.97. The van der Waals surface area contributed by atoms with Gasteiger partial charge in [0.05, 0.1) is 23.1 Å². The summed E-state index contributed by atoms with van der Waals surface area (Å²) in [6.07, 6.45) is 4.93. The molecule has 0 spiro atoms. The van der Waals surface area contributed by atoms with Crippen LogP contribution in [0.5, 0.6) is 0 Å². The van der Waals surface area contributed by atoms with Crippen molar-refractivity contribution in [1.29, 1.82) is 0 Å². The molecule has 0 N–H and O–H groups in total. The number of hydrogen-bond acceptors (Lipinski definition) is 3. The molecule has 0 saturated carbocycles. The summed E-state index contributed by atoms with van der Waals surface area (Å²) in [6.45, 7) is 4.79. The Morgan fingerprint density at radius 3 is 2.56 bits per heavy atom. The van der Waals surface area contributed by atoms with E-state index in [0.29, 0.717) is 5.56 Å². The Bertz CT molecular complexity index is 931. The second kappa shape index (κ2) is 7.35. The number of benzene rings is 1. The van der Waals surface area contributed by atoms with Crippen LogP contribution in [0.15, 0.2) is 54.7 Å². The van der Waals surface area contributed by atoms with Crippen LogP contribution < -0.4 is 0 Å². The van der Waals surface area contributed by atoms with Gasteiger partial charge in [-0.15, -0.1) is 0 Å². The van der Waals surface area contributed by atoms with E-state index in [1.165, 1.54) is 0 Å². The minimum atomic E-state index is 0.0585. The smallest absolute Gasteiger partial charge is 0.254 e. The molecule has 0 unspecified atom stereocenters. The minimum absolute atomic E-state index is 0.0585. The van der Waals surface area contributed by atoms with E-state index in [0.717, 1.165) is 48.6 Å². The van der Waals surface area contributed by atoms with Crippen LogP contribution >= 0.6 is 0 Å². The molecule has 1 atom stereocenters. The average Bonchev–Trinajstić information content (AvgIpc) is 3.06. The second-order valence-electron chi connectivity index (χ2n) is 7.15. The lowest BCUT2D eigenvalue weighted by molar-refractivity contribution is 0.0606. The molecule has 3 heterocycles. The van der Waals surface area contributed by atoms with Gasteiger partial charge in [0.2, 0.25) is 0 Å². The summed E-state index contributed by atoms with van der Waals surface area (Å²) in [4.78, 5) is 19.6. The Hall–Kier alpha value is -2.95. The van der Waals surface area contributed by atoms with Gasteiger partial charge in [-0.3, -0.25) is 9.78 Å². The lowest BCUT2D eigenvalue weighted by Gasteiger charge is -2.35. The Morgan fingerprint density at radius 2 is 1.89 bits per heavy atom. The van der Waals surface area contributed by atoms with Crippen LogP contribution in [0.4, 0.5) is 0 Å². The Balaban J connectivity index is 1.59. The first-order valence-corrected chi connectivity index (χ1v) is 9.49. The molecule has 5 heteroatoms. The summed E-state index contributed by atoms with van der Waals surface area (Å²) in [5, 5.41) is 4.51. The second-order valence-corrected chi connectivity index (χ2v) is 7.15. The fourth-order valence-corrected chi connectivity index (χ4v) is 3.86. The van der Waals surface area contributed by atoms with Gasteiger partial charge in [-0.2, -0.15) is 5.10 Å². The van der Waals surface area contributed by atoms with E-state index in [1.807, 2.05) is 72.0 Å². The molecule has 5 nitrogen and oxygen atoms in total. The van der Waals surface area contributed by atoms with Gasteiger partial charge in [-0.1, -0.05) is 6.07 Å². The van der Waals surface area contributed by atoms with Crippen LogP contribution in [0.1, 0.15) is 52.7 Å². The maximum Gasteiger partial charge on any atom is 0.254 e. The number of nitrogens with zero attached hydrogens (tertiary/aromatic N) is 4. The van der Waals surface area contributed by atoms with E-state index in [9.17, 15) is 4.79 Å². The fourth-order valence-electron chi connectivity index (χ4n) is 3.86. The Morgan fingerprint density at radius 1 is 1.07 bits per heavy atom. The maximum absolute atomic E-state index is 13.2. The van der Waals surface area contributed by atoms with Crippen LogP contribution in [0, 0.1) is 13.8 Å². The van der Waals surface area contributed by atoms with Crippen LogP contribution in [0.25, 0.3) is 5.69 Å². The van der Waals surface area contributed by atoms with Gasteiger partial charge >= 0.3 is 0 Å². The number of pyridine rings is 1. The Kier molecular flexibility index (Phi) is 4.75. The van der Waals surface area contributed by atoms with Gasteiger partial charge in [0.1, 0.15) is 0 Å². The molecule has 1 aliphatic heterocycles. The van der Waals surface area contributed by atoms with Crippen molar-refractivity contribution in [2.24, 2.45) is 0 Å². The number of aryl methyl sites for hydroxylation is 2. The average molecular weight is 360 g/mol. The van der Waals surface area contributed by atoms with E-state index in [4.69, 9.17) is 0 Å². The lowest BCUT2D eigenvalue weighted by Crippen LogP contribution is -2.38. The quantitative estimate of drug-likeness (QED) is 0.701. The van der Waals surface area contributed by atoms with Crippen molar-refractivity contribution in [2.75, 3.05) is 6.54 Å². The largest absolute Gasteiger partial charge is 0.330 e. The molecule has 1 aliphatic rings. The molecule has 1 saturated heterocycles. The summed E-state index contributed by atoms with van der Waals surface area (Å²) in [6, 6.07) is 15.8. The number of aromatic nitrogens is 3. The molecular weight excluding hydrogens is 336 g/mol. The number of hydrogen-bond donors (Lipinski definition) is 0. The zero-order valence-corrected chi connectivity index (χ0v) is 15.8. The van der Waals surface area contributed by atoms with Crippen molar-refractivity contribution in [3.05, 3.63) is 77.4 Å². The van der Waals surface area contributed by atoms with Crippen molar-refractivity contribution in [3.63, 3.8) is 0 Å². The van der Waals surface area contributed by atoms with Crippen molar-refractivity contribution >= 4 is 5.91 Å². The van der Waals surface area contributed by atoms with Gasteiger partial charge in [0, 0.05) is 24.0 Å². The summed E-state index contributed by atoms with van der Waals surface area (Å²) < 4.78 is 1.90. The van der Waals surface area contributed by atoms with Gasteiger partial charge in [0.25, 0.3) is 5.91 Å². The normalized spacial score (nSPS) is 17.1. The van der Waals surface area contributed by atoms with Crippen LogP contribution in [0.2, 0.25) is 0 Å². The monoisotopic (exact) mass is 360 g/mol. The Labute approximate surface area is 159 Å². The summed E-state index contributed by atoms with van der Waals surface area (Å²) in [7, 11) is 0. The third kappa shape index (κ3) is 3.50. The number of amides is 1. The van der Waals surface area contributed by atoms with Gasteiger partial charge in [0.15, 0.2) is 0 Å². The molecular formula is C22H24N4O. The highest BCUT2D eigenvalue weighted by molar-refractivity contribution is 5.94. The summed E-state index contributed by atoms with van der Waals surface area (Å²) in [5.74, 6) is 0.0743. The fraction of sp³-hybridized carbons (Fsp3) is 0.318. The number of likely N-dealkylation sites (tertiary alicyclic amines) is 1. The van der Waals surface area contributed by atoms with E-state index in [-0.39, 0.29) is 11.9 Å². The first-order valence-electron chi connectivity index (χ1n) is 9.49. The topological polar surface area (TPSA) is 51.0 Å². The number of piperidine rings is 1. The molecule has 0 aliphatic carbocycles. The maximum atomic E-state index is 13.2. The van der Waals surface area contributed by atoms with Crippen molar-refractivity contribution < 1.29 is 4.79 Å². The molecule has 1 aromatic carbocycles. The molecule has 1 fully saturated rings. The standard InChI is InChI=1S/C22H24N4O/c1-16-15-17(2)26(24-16)19-11-9-18(10-12-19)22(27)25-14-6-4-8-21(25)20-7-3-5-13-23-20/h3,5,7,9-13,15,21H,4,6,8,14H2,1-2H3/t21-/m0/s1. The predicted octanol–water partition coefficient (Wildman–Crippen LogP) is 4.25. The zero-order valence-electron chi connectivity index (χ0n) is 15.8. The van der Waals surface area contributed by atoms with Crippen molar-refractivity contribution in [1.82, 2.24) is 19.7 Å². The molecule has 0 bridgehead atoms. The predicted molar refractivity (Wildman–Crippen MR) is 105 cm³/mol. The van der Waals surface area contributed by atoms with Gasteiger partial charge in [-0.05, 0) is 75.6 Å². The zero-order chi connectivity index (χ0) is 18.8. The highest BCUT2D eigenvalue weighted by atomic mass is 16.2. The molecule has 2 aromatic heterocycles. The van der Waals surface area contributed by atoms with Crippen LogP contribution in [-0.4, -0.2) is 32.1 Å². The molecule has 4 rings (SSSR count). The molecule has 3 aromatic rings. The third-order valence-corrected chi connectivity index (χ3v) is 5.16. The first-order chi connectivity index (χ1) is 13.1. The third-order valence-electron chi connectivity index (χ3n) is 5.16. The van der Waals surface area contributed by atoms with Crippen molar-refractivity contribution in [2.45, 2.75) is 39.2 Å². The van der Waals surface area contributed by atoms with Crippen molar-refractivity contribution in [3.8, 4) is 5.69 Å². The molecule has 1 amide bonds. The van der Waals surface area contributed by atoms with E-state index in [1.54, 1.807) is 6.20 Å². The van der Waals surface area contributed by atoms with E-state index >= 15 is 0 Å². The highest BCUT2D eigenvalue weighted by Gasteiger charge is 2.29. The number of carbonyl (C=O) groups excluding carboxylic acids is 1. The molecule has 138 valence electrons. The first kappa shape index (κ1) is 17.5. The SMILES string of the molecule is Cc1cc(C)n(-c2ccc(C(=O)N3CCCC[C@H]3c3ccccn3)cc2)n1. The number of rotatable bonds is 3. The van der Waals surface area contributed by atoms with Crippen LogP contribution in [-0.2, 0) is 0 Å². The minimum Gasteiger partial charge on any atom is -0.330 e. The molecule has 27 heavy (non-hydrogen) atoms. The van der Waals surface area contributed by atoms with Gasteiger partial charge < -0.3 is 4.90 Å². The van der Waals surface area contributed by atoms with Crippen LogP contribution in [0.3, 0.4) is 0 Å². The summed E-state index contributed by atoms with van der Waals surface area (Å²) >= 11 is 0. The highest BCUT2D eigenvalue weighted by Crippen LogP contribution is 2.31. The number of carbonyl (C=O) groups is 1. The molecule has 0 radical (unpaired) electrons. The van der Waals surface area contributed by atoms with E-state index < -0.39 is 0 Å². The van der Waals surface area contributed by atoms with Gasteiger partial charge in [-0.25, -0.2) is 4.68 Å². The van der Waals surface area contributed by atoms with E-state index in [2.05, 4.69) is 10.1 Å².